The maximum Gasteiger partial charge on any atom is 0.327 e. The molecule has 4 heteroatoms. The number of hydrogen-bond acceptors (Lipinski definition) is 4. The minimum Gasteiger partial charge on any atom is -0.465 e. The first kappa shape index (κ1) is 14.3. The molecule has 1 aromatic carbocycles. The van der Waals surface area contributed by atoms with Gasteiger partial charge in [0, 0.05) is 0 Å². The Labute approximate surface area is 118 Å². The summed E-state index contributed by atoms with van der Waals surface area (Å²) in [7, 11) is 0. The van der Waals surface area contributed by atoms with E-state index in [1.807, 2.05) is 49.4 Å². The Hall–Kier alpha value is -2.07. The lowest BCUT2D eigenvalue weighted by Gasteiger charge is -2.17. The summed E-state index contributed by atoms with van der Waals surface area (Å²) in [5, 5.41) is 3.18. The van der Waals surface area contributed by atoms with Crippen LogP contribution in [0.15, 0.2) is 46.9 Å². The van der Waals surface area contributed by atoms with E-state index in [9.17, 15) is 4.79 Å². The van der Waals surface area contributed by atoms with Crippen LogP contribution in [0.2, 0.25) is 0 Å². The summed E-state index contributed by atoms with van der Waals surface area (Å²) in [6, 6.07) is 12.8. The fourth-order valence-electron chi connectivity index (χ4n) is 1.99. The van der Waals surface area contributed by atoms with Crippen LogP contribution in [0.3, 0.4) is 0 Å². The third-order valence-corrected chi connectivity index (χ3v) is 2.93. The minimum atomic E-state index is -0.485. The van der Waals surface area contributed by atoms with Crippen LogP contribution in [-0.2, 0) is 16.1 Å². The molecule has 0 amide bonds. The zero-order valence-corrected chi connectivity index (χ0v) is 11.8. The Morgan fingerprint density at radius 2 is 2.00 bits per heavy atom. The standard InChI is InChI=1S/C16H19NO3/c1-3-19-16(18)15(13-7-5-4-6-8-13)17-11-14-10-9-12(2)20-14/h4-10,15,17H,3,11H2,1-2H3. The number of nitrogens with one attached hydrogen (secondary N) is 1. The first-order chi connectivity index (χ1) is 9.70. The quantitative estimate of drug-likeness (QED) is 0.822. The number of carbonyl (C=O) groups excluding carboxylic acids is 1. The summed E-state index contributed by atoms with van der Waals surface area (Å²) in [6.07, 6.45) is 0. The second kappa shape index (κ2) is 6.91. The summed E-state index contributed by atoms with van der Waals surface area (Å²) >= 11 is 0. The van der Waals surface area contributed by atoms with Gasteiger partial charge in [-0.25, -0.2) is 4.79 Å². The van der Waals surface area contributed by atoms with Crippen molar-refractivity contribution >= 4 is 5.97 Å². The summed E-state index contributed by atoms with van der Waals surface area (Å²) in [5.74, 6) is 1.38. The Balaban J connectivity index is 2.08. The van der Waals surface area contributed by atoms with Crippen LogP contribution in [0.4, 0.5) is 0 Å². The molecular weight excluding hydrogens is 254 g/mol. The van der Waals surface area contributed by atoms with Crippen LogP contribution in [0, 0.1) is 6.92 Å². The van der Waals surface area contributed by atoms with Crippen molar-refractivity contribution in [1.82, 2.24) is 5.32 Å². The number of esters is 1. The summed E-state index contributed by atoms with van der Waals surface area (Å²) in [6.45, 7) is 4.54. The van der Waals surface area contributed by atoms with Crippen molar-refractivity contribution in [3.8, 4) is 0 Å². The summed E-state index contributed by atoms with van der Waals surface area (Å²) < 4.78 is 10.6. The Bertz CT molecular complexity index is 548. The fraction of sp³-hybridized carbons (Fsp3) is 0.312. The van der Waals surface area contributed by atoms with Gasteiger partial charge in [-0.3, -0.25) is 5.32 Å². The molecule has 0 bridgehead atoms. The van der Waals surface area contributed by atoms with Crippen LogP contribution >= 0.6 is 0 Å². The molecule has 2 aromatic rings. The molecule has 4 nitrogen and oxygen atoms in total. The molecule has 0 aliphatic carbocycles. The Morgan fingerprint density at radius 3 is 2.60 bits per heavy atom. The molecule has 0 saturated carbocycles. The topological polar surface area (TPSA) is 51.5 Å². The van der Waals surface area contributed by atoms with Crippen molar-refractivity contribution in [1.29, 1.82) is 0 Å². The Morgan fingerprint density at radius 1 is 1.25 bits per heavy atom. The molecule has 0 aliphatic rings. The van der Waals surface area contributed by atoms with Gasteiger partial charge in [-0.15, -0.1) is 0 Å². The first-order valence-electron chi connectivity index (χ1n) is 6.71. The molecular formula is C16H19NO3. The van der Waals surface area contributed by atoms with Crippen LogP contribution < -0.4 is 5.32 Å². The molecule has 0 radical (unpaired) electrons. The molecule has 0 fully saturated rings. The van der Waals surface area contributed by atoms with Gasteiger partial charge in [0.1, 0.15) is 17.6 Å². The molecule has 1 heterocycles. The molecule has 2 rings (SSSR count). The highest BCUT2D eigenvalue weighted by Gasteiger charge is 2.21. The van der Waals surface area contributed by atoms with Crippen LogP contribution in [0.5, 0.6) is 0 Å². The van der Waals surface area contributed by atoms with E-state index in [1.165, 1.54) is 0 Å². The van der Waals surface area contributed by atoms with Gasteiger partial charge in [0.05, 0.1) is 13.2 Å². The molecule has 0 saturated heterocycles. The van der Waals surface area contributed by atoms with E-state index in [0.29, 0.717) is 13.2 Å². The van der Waals surface area contributed by atoms with E-state index < -0.39 is 6.04 Å². The van der Waals surface area contributed by atoms with Gasteiger partial charge < -0.3 is 9.15 Å². The van der Waals surface area contributed by atoms with Crippen molar-refractivity contribution in [3.05, 3.63) is 59.5 Å². The average molecular weight is 273 g/mol. The van der Waals surface area contributed by atoms with Gasteiger partial charge in [0.2, 0.25) is 0 Å². The zero-order valence-electron chi connectivity index (χ0n) is 11.8. The maximum absolute atomic E-state index is 12.1. The summed E-state index contributed by atoms with van der Waals surface area (Å²) in [5.41, 5.74) is 0.884. The first-order valence-corrected chi connectivity index (χ1v) is 6.71. The second-order valence-corrected chi connectivity index (χ2v) is 4.49. The smallest absolute Gasteiger partial charge is 0.327 e. The third kappa shape index (κ3) is 3.71. The minimum absolute atomic E-state index is 0.276. The highest BCUT2D eigenvalue weighted by Crippen LogP contribution is 2.16. The van der Waals surface area contributed by atoms with E-state index in [-0.39, 0.29) is 5.97 Å². The molecule has 106 valence electrons. The molecule has 0 aliphatic heterocycles. The van der Waals surface area contributed by atoms with E-state index >= 15 is 0 Å². The predicted octanol–water partition coefficient (Wildman–Crippen LogP) is 2.98. The number of furan rings is 1. The normalized spacial score (nSPS) is 12.1. The highest BCUT2D eigenvalue weighted by molar-refractivity contribution is 5.77. The molecule has 0 spiro atoms. The second-order valence-electron chi connectivity index (χ2n) is 4.49. The van der Waals surface area contributed by atoms with Crippen molar-refractivity contribution in [2.45, 2.75) is 26.4 Å². The molecule has 1 unspecified atom stereocenters. The monoisotopic (exact) mass is 273 g/mol. The van der Waals surface area contributed by atoms with Crippen molar-refractivity contribution < 1.29 is 13.9 Å². The van der Waals surface area contributed by atoms with Gasteiger partial charge in [-0.2, -0.15) is 0 Å². The fourth-order valence-corrected chi connectivity index (χ4v) is 1.99. The van der Waals surface area contributed by atoms with Crippen LogP contribution in [0.1, 0.15) is 30.0 Å². The third-order valence-electron chi connectivity index (χ3n) is 2.93. The molecule has 1 aromatic heterocycles. The van der Waals surface area contributed by atoms with Crippen LogP contribution in [-0.4, -0.2) is 12.6 Å². The van der Waals surface area contributed by atoms with Crippen molar-refractivity contribution in [2.75, 3.05) is 6.61 Å². The Kier molecular flexibility index (Phi) is 4.96. The summed E-state index contributed by atoms with van der Waals surface area (Å²) in [4.78, 5) is 12.1. The van der Waals surface area contributed by atoms with Gasteiger partial charge in [-0.1, -0.05) is 30.3 Å². The number of benzene rings is 1. The lowest BCUT2D eigenvalue weighted by molar-refractivity contribution is -0.145. The molecule has 1 atom stereocenters. The SMILES string of the molecule is CCOC(=O)C(NCc1ccc(C)o1)c1ccccc1. The number of carbonyl (C=O) groups is 1. The average Bonchev–Trinajstić information content (AvgIpc) is 2.86. The van der Waals surface area contributed by atoms with Gasteiger partial charge in [0.25, 0.3) is 0 Å². The van der Waals surface area contributed by atoms with E-state index in [4.69, 9.17) is 9.15 Å². The largest absolute Gasteiger partial charge is 0.465 e. The van der Waals surface area contributed by atoms with Gasteiger partial charge in [0.15, 0.2) is 0 Å². The van der Waals surface area contributed by atoms with E-state index in [2.05, 4.69) is 5.32 Å². The van der Waals surface area contributed by atoms with Crippen molar-refractivity contribution in [2.24, 2.45) is 0 Å². The van der Waals surface area contributed by atoms with Crippen molar-refractivity contribution in [3.63, 3.8) is 0 Å². The predicted molar refractivity (Wildman–Crippen MR) is 76.1 cm³/mol. The lowest BCUT2D eigenvalue weighted by atomic mass is 10.1. The van der Waals surface area contributed by atoms with Crippen LogP contribution in [0.25, 0.3) is 0 Å². The molecule has 20 heavy (non-hydrogen) atoms. The lowest BCUT2D eigenvalue weighted by Crippen LogP contribution is -2.29. The van der Waals surface area contributed by atoms with E-state index in [0.717, 1.165) is 17.1 Å². The highest BCUT2D eigenvalue weighted by atomic mass is 16.5. The van der Waals surface area contributed by atoms with Gasteiger partial charge >= 0.3 is 5.97 Å². The maximum atomic E-state index is 12.1. The van der Waals surface area contributed by atoms with E-state index in [1.54, 1.807) is 6.92 Å². The number of ether oxygens (including phenoxy) is 1. The van der Waals surface area contributed by atoms with Gasteiger partial charge in [-0.05, 0) is 31.5 Å². The number of rotatable bonds is 6. The number of hydrogen-bond donors (Lipinski definition) is 1. The zero-order chi connectivity index (χ0) is 14.4. The number of aryl methyl sites for hydroxylation is 1. The molecule has 1 N–H and O–H groups in total.